The fourth-order valence-electron chi connectivity index (χ4n) is 2.86. The van der Waals surface area contributed by atoms with Crippen LogP contribution >= 0.6 is 11.6 Å². The number of hydrogen-bond donors (Lipinski definition) is 2. The van der Waals surface area contributed by atoms with Gasteiger partial charge >= 0.3 is 0 Å². The van der Waals surface area contributed by atoms with Gasteiger partial charge in [-0.3, -0.25) is 11.3 Å². The summed E-state index contributed by atoms with van der Waals surface area (Å²) in [5.74, 6) is 6.09. The minimum atomic E-state index is -0.306. The molecule has 1 aliphatic rings. The lowest BCUT2D eigenvalue weighted by Crippen LogP contribution is -2.30. The summed E-state index contributed by atoms with van der Waals surface area (Å²) in [4.78, 5) is 0. The molecule has 3 N–H and O–H groups in total. The van der Waals surface area contributed by atoms with Crippen LogP contribution in [0.3, 0.4) is 0 Å². The highest BCUT2D eigenvalue weighted by Crippen LogP contribution is 2.54. The Bertz CT molecular complexity index is 603. The molecule has 1 fully saturated rings. The van der Waals surface area contributed by atoms with Gasteiger partial charge in [-0.05, 0) is 36.0 Å². The van der Waals surface area contributed by atoms with Crippen LogP contribution < -0.4 is 11.3 Å². The lowest BCUT2D eigenvalue weighted by Gasteiger charge is -2.17. The van der Waals surface area contributed by atoms with Gasteiger partial charge in [0.05, 0.1) is 6.04 Å². The molecule has 3 rings (SSSR count). The number of nitrogens with two attached hydrogens (primary N) is 1. The third-order valence-corrected chi connectivity index (χ3v) is 4.21. The van der Waals surface area contributed by atoms with Gasteiger partial charge < -0.3 is 0 Å². The lowest BCUT2D eigenvalue weighted by molar-refractivity contribution is 0.461. The predicted octanol–water partition coefficient (Wildman–Crippen LogP) is 3.79. The number of hydrazine groups is 1. The zero-order chi connectivity index (χ0) is 14.1. The number of halogens is 2. The second-order valence-electron chi connectivity index (χ2n) is 5.23. The maximum absolute atomic E-state index is 14.0. The first-order valence-electron chi connectivity index (χ1n) is 6.66. The van der Waals surface area contributed by atoms with Crippen molar-refractivity contribution in [1.29, 1.82) is 0 Å². The molecule has 104 valence electrons. The Hall–Kier alpha value is -1.42. The van der Waals surface area contributed by atoms with Crippen molar-refractivity contribution >= 4 is 11.6 Å². The van der Waals surface area contributed by atoms with E-state index in [0.717, 1.165) is 6.42 Å². The van der Waals surface area contributed by atoms with Crippen LogP contribution in [0.2, 0.25) is 5.02 Å². The van der Waals surface area contributed by atoms with Gasteiger partial charge in [-0.25, -0.2) is 4.39 Å². The molecule has 0 aromatic heterocycles. The van der Waals surface area contributed by atoms with E-state index in [1.54, 1.807) is 12.1 Å². The van der Waals surface area contributed by atoms with E-state index in [1.165, 1.54) is 11.6 Å². The Morgan fingerprint density at radius 3 is 2.60 bits per heavy atom. The first kappa shape index (κ1) is 13.6. The number of hydrogen-bond acceptors (Lipinski definition) is 2. The fraction of sp³-hybridized carbons (Fsp3) is 0.250. The molecule has 0 heterocycles. The minimum absolute atomic E-state index is 0.183. The van der Waals surface area contributed by atoms with Crippen molar-refractivity contribution in [2.45, 2.75) is 18.4 Å². The summed E-state index contributed by atoms with van der Waals surface area (Å²) >= 11 is 5.79. The number of benzene rings is 2. The molecular formula is C16H16ClFN2. The molecule has 3 unspecified atom stereocenters. The highest BCUT2D eigenvalue weighted by atomic mass is 35.5. The smallest absolute Gasteiger partial charge is 0.129 e. The topological polar surface area (TPSA) is 38.0 Å². The summed E-state index contributed by atoms with van der Waals surface area (Å²) in [7, 11) is 0. The van der Waals surface area contributed by atoms with Crippen LogP contribution in [0.25, 0.3) is 0 Å². The van der Waals surface area contributed by atoms with Gasteiger partial charge in [0.1, 0.15) is 5.82 Å². The lowest BCUT2D eigenvalue weighted by atomic mass is 9.99. The average Bonchev–Trinajstić information content (AvgIpc) is 3.23. The van der Waals surface area contributed by atoms with E-state index >= 15 is 0 Å². The molecule has 20 heavy (non-hydrogen) atoms. The maximum atomic E-state index is 14.0. The summed E-state index contributed by atoms with van der Waals surface area (Å²) in [5, 5.41) is 0.400. The van der Waals surface area contributed by atoms with Crippen LogP contribution in [0, 0.1) is 11.7 Å². The Kier molecular flexibility index (Phi) is 3.74. The van der Waals surface area contributed by atoms with E-state index in [9.17, 15) is 4.39 Å². The molecule has 4 heteroatoms. The van der Waals surface area contributed by atoms with Crippen molar-refractivity contribution in [3.05, 3.63) is 70.5 Å². The van der Waals surface area contributed by atoms with E-state index in [-0.39, 0.29) is 11.9 Å². The normalized spacial score (nSPS) is 22.6. The van der Waals surface area contributed by atoms with E-state index in [4.69, 9.17) is 17.4 Å². The van der Waals surface area contributed by atoms with E-state index < -0.39 is 0 Å². The van der Waals surface area contributed by atoms with Crippen molar-refractivity contribution < 1.29 is 4.39 Å². The van der Waals surface area contributed by atoms with Gasteiger partial charge in [0.2, 0.25) is 0 Å². The Balaban J connectivity index is 1.82. The summed E-state index contributed by atoms with van der Waals surface area (Å²) < 4.78 is 14.0. The molecule has 0 bridgehead atoms. The number of rotatable bonds is 4. The van der Waals surface area contributed by atoms with Gasteiger partial charge in [0.15, 0.2) is 0 Å². The standard InChI is InChI=1S/C16H16ClFN2/c17-11-6-7-12(15(18)8-11)16(20-19)14-9-13(14)10-4-2-1-3-5-10/h1-8,13-14,16,20H,9,19H2. The predicted molar refractivity (Wildman–Crippen MR) is 78.8 cm³/mol. The Labute approximate surface area is 122 Å². The van der Waals surface area contributed by atoms with Crippen LogP contribution in [0.15, 0.2) is 48.5 Å². The molecule has 0 aliphatic heterocycles. The first-order chi connectivity index (χ1) is 9.70. The van der Waals surface area contributed by atoms with Crippen LogP contribution in [-0.2, 0) is 0 Å². The third-order valence-electron chi connectivity index (χ3n) is 3.97. The zero-order valence-corrected chi connectivity index (χ0v) is 11.6. The van der Waals surface area contributed by atoms with Crippen LogP contribution in [-0.4, -0.2) is 0 Å². The summed E-state index contributed by atoms with van der Waals surface area (Å²) in [5.41, 5.74) is 4.63. The fourth-order valence-corrected chi connectivity index (χ4v) is 3.02. The molecule has 1 saturated carbocycles. The largest absolute Gasteiger partial charge is 0.271 e. The second kappa shape index (κ2) is 5.52. The third kappa shape index (κ3) is 2.57. The summed E-state index contributed by atoms with van der Waals surface area (Å²) in [6.45, 7) is 0. The van der Waals surface area contributed by atoms with Gasteiger partial charge in [0, 0.05) is 10.6 Å². The zero-order valence-electron chi connectivity index (χ0n) is 10.9. The van der Waals surface area contributed by atoms with Gasteiger partial charge in [-0.2, -0.15) is 0 Å². The maximum Gasteiger partial charge on any atom is 0.129 e. The molecule has 0 spiro atoms. The summed E-state index contributed by atoms with van der Waals surface area (Å²) in [6.07, 6.45) is 1.01. The molecule has 0 amide bonds. The van der Waals surface area contributed by atoms with Crippen LogP contribution in [0.5, 0.6) is 0 Å². The first-order valence-corrected chi connectivity index (χ1v) is 7.04. The Morgan fingerprint density at radius 1 is 1.20 bits per heavy atom. The Morgan fingerprint density at radius 2 is 1.95 bits per heavy atom. The molecule has 0 radical (unpaired) electrons. The molecular weight excluding hydrogens is 275 g/mol. The molecule has 0 saturated heterocycles. The quantitative estimate of drug-likeness (QED) is 0.664. The van der Waals surface area contributed by atoms with Crippen molar-refractivity contribution in [2.75, 3.05) is 0 Å². The van der Waals surface area contributed by atoms with Crippen LogP contribution in [0.1, 0.15) is 29.5 Å². The van der Waals surface area contributed by atoms with E-state index in [1.807, 2.05) is 18.2 Å². The SMILES string of the molecule is NNC(c1ccc(Cl)cc1F)C1CC1c1ccccc1. The van der Waals surface area contributed by atoms with Gasteiger partial charge in [0.25, 0.3) is 0 Å². The van der Waals surface area contributed by atoms with Crippen molar-refractivity contribution in [2.24, 2.45) is 11.8 Å². The van der Waals surface area contributed by atoms with Gasteiger partial charge in [-0.1, -0.05) is 48.0 Å². The van der Waals surface area contributed by atoms with Crippen molar-refractivity contribution in [3.8, 4) is 0 Å². The summed E-state index contributed by atoms with van der Waals surface area (Å²) in [6, 6.07) is 14.8. The molecule has 2 aromatic carbocycles. The van der Waals surface area contributed by atoms with Crippen LogP contribution in [0.4, 0.5) is 4.39 Å². The molecule has 2 aromatic rings. The average molecular weight is 291 g/mol. The highest BCUT2D eigenvalue weighted by Gasteiger charge is 2.44. The van der Waals surface area contributed by atoms with E-state index in [2.05, 4.69) is 17.6 Å². The molecule has 2 nitrogen and oxygen atoms in total. The minimum Gasteiger partial charge on any atom is -0.271 e. The molecule has 3 atom stereocenters. The molecule has 1 aliphatic carbocycles. The van der Waals surface area contributed by atoms with Gasteiger partial charge in [-0.15, -0.1) is 0 Å². The second-order valence-corrected chi connectivity index (χ2v) is 5.66. The van der Waals surface area contributed by atoms with Crippen molar-refractivity contribution in [3.63, 3.8) is 0 Å². The van der Waals surface area contributed by atoms with Crippen molar-refractivity contribution in [1.82, 2.24) is 5.43 Å². The number of nitrogens with one attached hydrogen (secondary N) is 1. The monoisotopic (exact) mass is 290 g/mol. The van der Waals surface area contributed by atoms with E-state index in [0.29, 0.717) is 22.4 Å². The highest BCUT2D eigenvalue weighted by molar-refractivity contribution is 6.30.